The van der Waals surface area contributed by atoms with Gasteiger partial charge in [0.15, 0.2) is 0 Å². The minimum atomic E-state index is 0.366. The van der Waals surface area contributed by atoms with Gasteiger partial charge in [-0.15, -0.1) is 0 Å². The normalized spacial score (nSPS) is 12.6. The van der Waals surface area contributed by atoms with E-state index in [1.165, 1.54) is 0 Å². The average Bonchev–Trinajstić information content (AvgIpc) is 2.68. The fourth-order valence-electron chi connectivity index (χ4n) is 2.73. The van der Waals surface area contributed by atoms with E-state index in [9.17, 15) is 0 Å². The zero-order valence-corrected chi connectivity index (χ0v) is 17.6. The molecule has 27 heavy (non-hydrogen) atoms. The third kappa shape index (κ3) is 4.98. The van der Waals surface area contributed by atoms with Crippen molar-refractivity contribution < 1.29 is 0 Å². The summed E-state index contributed by atoms with van der Waals surface area (Å²) in [5.41, 5.74) is 4.44. The van der Waals surface area contributed by atoms with Gasteiger partial charge < -0.3 is 5.41 Å². The first-order chi connectivity index (χ1) is 13.0. The number of nitrogens with one attached hydrogen (secondary N) is 2. The molecule has 4 heteroatoms. The van der Waals surface area contributed by atoms with Crippen LogP contribution in [0.4, 0.5) is 0 Å². The third-order valence-corrected chi connectivity index (χ3v) is 4.89. The Morgan fingerprint density at radius 3 is 2.37 bits per heavy atom. The van der Waals surface area contributed by atoms with Crippen LogP contribution in [0.15, 0.2) is 90.7 Å². The lowest BCUT2D eigenvalue weighted by Crippen LogP contribution is -2.13. The average molecular weight is 467 g/mol. The molecule has 1 heterocycles. The number of pyridine rings is 1. The van der Waals surface area contributed by atoms with E-state index in [0.717, 1.165) is 14.7 Å². The molecule has 2 N–H and O–H groups in total. The maximum atomic E-state index is 8.98. The Morgan fingerprint density at radius 1 is 1.11 bits per heavy atom. The summed E-state index contributed by atoms with van der Waals surface area (Å²) in [7, 11) is 0. The maximum Gasteiger partial charge on any atom is 0.0726 e. The van der Waals surface area contributed by atoms with Gasteiger partial charge in [-0.1, -0.05) is 55.1 Å². The van der Waals surface area contributed by atoms with Crippen molar-refractivity contribution in [1.82, 2.24) is 4.98 Å². The van der Waals surface area contributed by atoms with Gasteiger partial charge in [0.25, 0.3) is 0 Å². The number of nitrogens with zero attached hydrogens (tertiary/aromatic N) is 1. The van der Waals surface area contributed by atoms with Crippen LogP contribution in [0.2, 0.25) is 0 Å². The predicted octanol–water partition coefficient (Wildman–Crippen LogP) is 6.24. The van der Waals surface area contributed by atoms with E-state index in [0.29, 0.717) is 28.3 Å². The molecule has 2 aromatic rings. The van der Waals surface area contributed by atoms with Crippen molar-refractivity contribution in [3.8, 4) is 0 Å². The summed E-state index contributed by atoms with van der Waals surface area (Å²) in [4.78, 5) is 4.45. The summed E-state index contributed by atoms with van der Waals surface area (Å²) in [5.74, 6) is 0. The molecule has 0 radical (unpaired) electrons. The molecule has 1 aromatic heterocycles. The van der Waals surface area contributed by atoms with Crippen LogP contribution in [0.5, 0.6) is 0 Å². The molecule has 0 fully saturated rings. The predicted molar refractivity (Wildman–Crippen MR) is 124 cm³/mol. The number of hydrogen-bond donors (Lipinski definition) is 2. The number of allylic oxidation sites excluding steroid dienone is 7. The van der Waals surface area contributed by atoms with Crippen LogP contribution >= 0.6 is 22.6 Å². The second kappa shape index (κ2) is 9.92. The Balaban J connectivity index is 2.85. The van der Waals surface area contributed by atoms with Gasteiger partial charge in [0.1, 0.15) is 0 Å². The van der Waals surface area contributed by atoms with E-state index in [1.807, 2.05) is 67.6 Å². The van der Waals surface area contributed by atoms with Crippen LogP contribution in [-0.4, -0.2) is 16.4 Å². The number of benzene rings is 1. The molecule has 0 aliphatic rings. The van der Waals surface area contributed by atoms with E-state index >= 15 is 0 Å². The van der Waals surface area contributed by atoms with E-state index in [4.69, 9.17) is 10.8 Å². The van der Waals surface area contributed by atoms with E-state index in [1.54, 1.807) is 19.2 Å². The Labute approximate surface area is 174 Å². The van der Waals surface area contributed by atoms with Gasteiger partial charge in [-0.25, -0.2) is 0 Å². The molecular weight excluding hydrogens is 445 g/mol. The van der Waals surface area contributed by atoms with Gasteiger partial charge >= 0.3 is 0 Å². The van der Waals surface area contributed by atoms with Gasteiger partial charge in [0.05, 0.1) is 11.4 Å². The van der Waals surface area contributed by atoms with Crippen molar-refractivity contribution in [3.63, 3.8) is 0 Å². The van der Waals surface area contributed by atoms with Crippen molar-refractivity contribution in [2.45, 2.75) is 13.8 Å². The summed E-state index contributed by atoms with van der Waals surface area (Å²) in [5, 5.41) is 17.4. The van der Waals surface area contributed by atoms with Gasteiger partial charge in [0, 0.05) is 32.2 Å². The minimum absolute atomic E-state index is 0.366. The van der Waals surface area contributed by atoms with Gasteiger partial charge in [-0.05, 0) is 60.2 Å². The lowest BCUT2D eigenvalue weighted by atomic mass is 9.87. The van der Waals surface area contributed by atoms with Crippen LogP contribution in [-0.2, 0) is 0 Å². The summed E-state index contributed by atoms with van der Waals surface area (Å²) < 4.78 is 0.990. The molecular formula is C23H22IN3. The van der Waals surface area contributed by atoms with Crippen LogP contribution < -0.4 is 0 Å². The van der Waals surface area contributed by atoms with Crippen LogP contribution in [0.25, 0.3) is 5.57 Å². The fourth-order valence-corrected chi connectivity index (χ4v) is 3.38. The van der Waals surface area contributed by atoms with Crippen LogP contribution in [0.1, 0.15) is 25.1 Å². The first-order valence-electron chi connectivity index (χ1n) is 8.52. The molecule has 0 bridgehead atoms. The zero-order valence-electron chi connectivity index (χ0n) is 15.5. The molecule has 3 nitrogen and oxygen atoms in total. The van der Waals surface area contributed by atoms with Crippen molar-refractivity contribution in [2.75, 3.05) is 0 Å². The SMILES string of the molecule is C=C\C=C/C(=C\C)C(/C(=N)c1ccccc1I)=C(/C(C)=N)c1ccccn1. The first kappa shape index (κ1) is 20.7. The minimum Gasteiger partial charge on any atom is -0.305 e. The molecule has 0 aliphatic heterocycles. The van der Waals surface area contributed by atoms with Crippen molar-refractivity contribution >= 4 is 39.6 Å². The third-order valence-electron chi connectivity index (χ3n) is 3.95. The smallest absolute Gasteiger partial charge is 0.0726 e. The Kier molecular flexibility index (Phi) is 7.61. The molecule has 2 rings (SSSR count). The molecule has 136 valence electrons. The van der Waals surface area contributed by atoms with Gasteiger partial charge in [-0.3, -0.25) is 10.4 Å². The van der Waals surface area contributed by atoms with Crippen molar-refractivity contribution in [3.05, 3.63) is 106 Å². The fraction of sp³-hybridized carbons (Fsp3) is 0.0870. The lowest BCUT2D eigenvalue weighted by molar-refractivity contribution is 1.27. The standard InChI is InChI=1S/C23H22IN3/c1-4-6-11-17(5-2)22(23(26)18-12-7-8-13-19(18)24)21(16(3)25)20-14-9-10-15-27-20/h4-15,25-26H,1H2,2-3H3/b11-6-,17-5+,22-21+,25-16?,26-23?. The van der Waals surface area contributed by atoms with Gasteiger partial charge in [0.2, 0.25) is 0 Å². The quantitative estimate of drug-likeness (QED) is 0.283. The Morgan fingerprint density at radius 2 is 1.81 bits per heavy atom. The highest BCUT2D eigenvalue weighted by molar-refractivity contribution is 14.1. The molecule has 0 atom stereocenters. The molecule has 0 saturated heterocycles. The lowest BCUT2D eigenvalue weighted by Gasteiger charge is -2.18. The highest BCUT2D eigenvalue weighted by Gasteiger charge is 2.21. The molecule has 1 aromatic carbocycles. The molecule has 0 aliphatic carbocycles. The highest BCUT2D eigenvalue weighted by atomic mass is 127. The monoisotopic (exact) mass is 467 g/mol. The van der Waals surface area contributed by atoms with Gasteiger partial charge in [-0.2, -0.15) is 0 Å². The number of rotatable bonds is 7. The summed E-state index contributed by atoms with van der Waals surface area (Å²) in [6.07, 6.45) is 9.12. The number of aromatic nitrogens is 1. The zero-order chi connectivity index (χ0) is 19.8. The highest BCUT2D eigenvalue weighted by Crippen LogP contribution is 2.29. The molecule has 0 saturated carbocycles. The largest absolute Gasteiger partial charge is 0.305 e. The Bertz CT molecular complexity index is 951. The topological polar surface area (TPSA) is 60.6 Å². The number of halogens is 1. The van der Waals surface area contributed by atoms with E-state index in [2.05, 4.69) is 34.2 Å². The van der Waals surface area contributed by atoms with Crippen molar-refractivity contribution in [1.29, 1.82) is 10.8 Å². The molecule has 0 spiro atoms. The summed E-state index contributed by atoms with van der Waals surface area (Å²) in [6, 6.07) is 13.4. The van der Waals surface area contributed by atoms with Crippen molar-refractivity contribution in [2.24, 2.45) is 0 Å². The van der Waals surface area contributed by atoms with E-state index < -0.39 is 0 Å². The van der Waals surface area contributed by atoms with Crippen LogP contribution in [0.3, 0.4) is 0 Å². The maximum absolute atomic E-state index is 8.98. The molecule has 0 amide bonds. The van der Waals surface area contributed by atoms with Crippen LogP contribution in [0, 0.1) is 14.4 Å². The molecule has 0 unspecified atom stereocenters. The summed E-state index contributed by atoms with van der Waals surface area (Å²) in [6.45, 7) is 7.41. The van der Waals surface area contributed by atoms with E-state index in [-0.39, 0.29) is 0 Å². The second-order valence-corrected chi connectivity index (χ2v) is 6.95. The summed E-state index contributed by atoms with van der Waals surface area (Å²) >= 11 is 2.24. The number of hydrogen-bond acceptors (Lipinski definition) is 3. The Hall–Kier alpha value is -2.60. The second-order valence-electron chi connectivity index (χ2n) is 5.78. The first-order valence-corrected chi connectivity index (χ1v) is 9.60.